The molecular formula is C19H22N2O2S. The number of nitrogens with zero attached hydrogens (tertiary/aromatic N) is 1. The van der Waals surface area contributed by atoms with E-state index in [0.717, 1.165) is 19.4 Å². The average Bonchev–Trinajstić information content (AvgIpc) is 3.24. The Balaban J connectivity index is 1.73. The summed E-state index contributed by atoms with van der Waals surface area (Å²) in [5.74, 6) is 0.0196. The van der Waals surface area contributed by atoms with Crippen molar-refractivity contribution in [1.29, 1.82) is 0 Å². The van der Waals surface area contributed by atoms with Crippen molar-refractivity contribution >= 4 is 28.7 Å². The highest BCUT2D eigenvalue weighted by molar-refractivity contribution is 7.10. The number of benzene rings is 1. The molecule has 24 heavy (non-hydrogen) atoms. The zero-order valence-corrected chi connectivity index (χ0v) is 14.8. The summed E-state index contributed by atoms with van der Waals surface area (Å²) in [6.07, 6.45) is 2.24. The minimum Gasteiger partial charge on any atom is -0.326 e. The van der Waals surface area contributed by atoms with Crippen LogP contribution in [0.2, 0.25) is 0 Å². The van der Waals surface area contributed by atoms with Gasteiger partial charge in [-0.25, -0.2) is 0 Å². The average molecular weight is 342 g/mol. The van der Waals surface area contributed by atoms with E-state index in [1.165, 1.54) is 11.8 Å². The standard InChI is InChI=1S/C19H22N2O2S/c1-13(21-11-3-5-17(21)18-6-4-12-24-18)19(23)15-7-9-16(10-8-15)20-14(2)22/h4,6-10,12-13,17H,3,5,11H2,1-2H3,(H,20,22)/t13-,17-/m1/s1. The number of rotatable bonds is 5. The van der Waals surface area contributed by atoms with Crippen LogP contribution in [0.3, 0.4) is 0 Å². The molecule has 0 saturated carbocycles. The molecular weight excluding hydrogens is 320 g/mol. The highest BCUT2D eigenvalue weighted by Gasteiger charge is 2.33. The Kier molecular flexibility index (Phi) is 5.11. The Bertz CT molecular complexity index is 709. The molecule has 0 aliphatic carbocycles. The number of amides is 1. The van der Waals surface area contributed by atoms with Gasteiger partial charge in [-0.2, -0.15) is 0 Å². The predicted molar refractivity (Wildman–Crippen MR) is 97.5 cm³/mol. The van der Waals surface area contributed by atoms with E-state index in [1.807, 2.05) is 6.92 Å². The maximum atomic E-state index is 12.9. The van der Waals surface area contributed by atoms with Crippen LogP contribution in [-0.2, 0) is 4.79 Å². The summed E-state index contributed by atoms with van der Waals surface area (Å²) >= 11 is 1.76. The van der Waals surface area contributed by atoms with Gasteiger partial charge in [0, 0.05) is 29.1 Å². The minimum atomic E-state index is -0.147. The number of hydrogen-bond acceptors (Lipinski definition) is 4. The molecule has 0 unspecified atom stereocenters. The van der Waals surface area contributed by atoms with Crippen molar-refractivity contribution in [2.45, 2.75) is 38.8 Å². The fourth-order valence-corrected chi connectivity index (χ4v) is 4.23. The number of anilines is 1. The van der Waals surface area contributed by atoms with Gasteiger partial charge in [0.2, 0.25) is 5.91 Å². The molecule has 1 aliphatic heterocycles. The lowest BCUT2D eigenvalue weighted by Crippen LogP contribution is -2.38. The Morgan fingerprint density at radius 1 is 1.25 bits per heavy atom. The molecule has 1 aromatic carbocycles. The van der Waals surface area contributed by atoms with E-state index in [0.29, 0.717) is 17.3 Å². The fraction of sp³-hybridized carbons (Fsp3) is 0.368. The number of carbonyl (C=O) groups is 2. The first-order valence-corrected chi connectivity index (χ1v) is 9.15. The first-order chi connectivity index (χ1) is 11.6. The second-order valence-corrected chi connectivity index (χ2v) is 7.19. The van der Waals surface area contributed by atoms with E-state index in [1.54, 1.807) is 35.6 Å². The zero-order chi connectivity index (χ0) is 17.1. The van der Waals surface area contributed by atoms with Gasteiger partial charge in [-0.1, -0.05) is 6.07 Å². The van der Waals surface area contributed by atoms with Crippen LogP contribution in [0.4, 0.5) is 5.69 Å². The van der Waals surface area contributed by atoms with E-state index in [2.05, 4.69) is 27.7 Å². The Morgan fingerprint density at radius 2 is 2.00 bits per heavy atom. The third-order valence-electron chi connectivity index (χ3n) is 4.53. The van der Waals surface area contributed by atoms with Crippen molar-refractivity contribution in [2.24, 2.45) is 0 Å². The SMILES string of the molecule is CC(=O)Nc1ccc(C(=O)[C@@H](C)N2CCC[C@@H]2c2cccs2)cc1. The van der Waals surface area contributed by atoms with Gasteiger partial charge in [-0.15, -0.1) is 11.3 Å². The van der Waals surface area contributed by atoms with Crippen molar-refractivity contribution in [2.75, 3.05) is 11.9 Å². The lowest BCUT2D eigenvalue weighted by atomic mass is 10.0. The first kappa shape index (κ1) is 16.9. The Labute approximate surface area is 146 Å². The predicted octanol–water partition coefficient (Wildman–Crippen LogP) is 4.11. The first-order valence-electron chi connectivity index (χ1n) is 8.27. The molecule has 3 rings (SSSR count). The summed E-state index contributed by atoms with van der Waals surface area (Å²) in [6, 6.07) is 11.6. The van der Waals surface area contributed by atoms with E-state index >= 15 is 0 Å². The van der Waals surface area contributed by atoms with Crippen LogP contribution >= 0.6 is 11.3 Å². The van der Waals surface area contributed by atoms with Crippen LogP contribution in [0.25, 0.3) is 0 Å². The molecule has 126 valence electrons. The van der Waals surface area contributed by atoms with Gasteiger partial charge in [0.15, 0.2) is 5.78 Å². The summed E-state index contributed by atoms with van der Waals surface area (Å²) in [5, 5.41) is 4.82. The van der Waals surface area contributed by atoms with Gasteiger partial charge in [0.1, 0.15) is 0 Å². The van der Waals surface area contributed by atoms with E-state index < -0.39 is 0 Å². The van der Waals surface area contributed by atoms with Crippen LogP contribution in [0.1, 0.15) is 48.0 Å². The fourth-order valence-electron chi connectivity index (χ4n) is 3.35. The monoisotopic (exact) mass is 342 g/mol. The van der Waals surface area contributed by atoms with Crippen molar-refractivity contribution in [3.63, 3.8) is 0 Å². The van der Waals surface area contributed by atoms with Gasteiger partial charge in [0.05, 0.1) is 6.04 Å². The molecule has 0 bridgehead atoms. The molecule has 1 amide bonds. The molecule has 1 aliphatic rings. The molecule has 2 aromatic rings. The van der Waals surface area contributed by atoms with Crippen LogP contribution in [0.5, 0.6) is 0 Å². The molecule has 2 atom stereocenters. The summed E-state index contributed by atoms with van der Waals surface area (Å²) in [5.41, 5.74) is 1.40. The Morgan fingerprint density at radius 3 is 2.62 bits per heavy atom. The van der Waals surface area contributed by atoms with Gasteiger partial charge >= 0.3 is 0 Å². The van der Waals surface area contributed by atoms with E-state index in [4.69, 9.17) is 0 Å². The number of hydrogen-bond donors (Lipinski definition) is 1. The lowest BCUT2D eigenvalue weighted by Gasteiger charge is -2.29. The number of nitrogens with one attached hydrogen (secondary N) is 1. The molecule has 4 nitrogen and oxygen atoms in total. The second-order valence-electron chi connectivity index (χ2n) is 6.21. The zero-order valence-electron chi connectivity index (χ0n) is 14.0. The van der Waals surface area contributed by atoms with E-state index in [9.17, 15) is 9.59 Å². The van der Waals surface area contributed by atoms with Crippen molar-refractivity contribution in [1.82, 2.24) is 4.90 Å². The van der Waals surface area contributed by atoms with Crippen LogP contribution in [-0.4, -0.2) is 29.2 Å². The summed E-state index contributed by atoms with van der Waals surface area (Å²) in [4.78, 5) is 27.6. The maximum Gasteiger partial charge on any atom is 0.221 e. The smallest absolute Gasteiger partial charge is 0.221 e. The summed E-state index contributed by atoms with van der Waals surface area (Å²) in [6.45, 7) is 4.43. The van der Waals surface area contributed by atoms with Gasteiger partial charge in [0.25, 0.3) is 0 Å². The van der Waals surface area contributed by atoms with Crippen molar-refractivity contribution < 1.29 is 9.59 Å². The number of ketones is 1. The van der Waals surface area contributed by atoms with Gasteiger partial charge in [-0.05, 0) is 62.0 Å². The van der Waals surface area contributed by atoms with E-state index in [-0.39, 0.29) is 17.7 Å². The molecule has 1 aromatic heterocycles. The van der Waals surface area contributed by atoms with Crippen molar-refractivity contribution in [3.8, 4) is 0 Å². The quantitative estimate of drug-likeness (QED) is 0.832. The van der Waals surface area contributed by atoms with Gasteiger partial charge in [-0.3, -0.25) is 14.5 Å². The molecule has 1 fully saturated rings. The highest BCUT2D eigenvalue weighted by atomic mass is 32.1. The number of carbonyl (C=O) groups excluding carboxylic acids is 2. The molecule has 0 spiro atoms. The molecule has 5 heteroatoms. The number of likely N-dealkylation sites (tertiary alicyclic amines) is 1. The van der Waals surface area contributed by atoms with Crippen molar-refractivity contribution in [3.05, 3.63) is 52.2 Å². The summed E-state index contributed by atoms with van der Waals surface area (Å²) < 4.78 is 0. The van der Waals surface area contributed by atoms with Crippen LogP contribution in [0, 0.1) is 0 Å². The lowest BCUT2D eigenvalue weighted by molar-refractivity contribution is -0.114. The summed E-state index contributed by atoms with van der Waals surface area (Å²) in [7, 11) is 0. The largest absolute Gasteiger partial charge is 0.326 e. The maximum absolute atomic E-state index is 12.9. The molecule has 2 heterocycles. The van der Waals surface area contributed by atoms with Crippen LogP contribution in [0.15, 0.2) is 41.8 Å². The molecule has 1 N–H and O–H groups in total. The van der Waals surface area contributed by atoms with Gasteiger partial charge < -0.3 is 5.32 Å². The molecule has 0 radical (unpaired) electrons. The molecule has 1 saturated heterocycles. The Hall–Kier alpha value is -1.98. The third-order valence-corrected chi connectivity index (χ3v) is 5.51. The number of Topliss-reactive ketones (excluding diaryl/α,β-unsaturated/α-hetero) is 1. The van der Waals surface area contributed by atoms with Crippen LogP contribution < -0.4 is 5.32 Å². The second kappa shape index (κ2) is 7.28. The highest BCUT2D eigenvalue weighted by Crippen LogP contribution is 2.36. The minimum absolute atomic E-state index is 0.113. The number of thiophene rings is 1. The normalized spacial score (nSPS) is 19.2. The topological polar surface area (TPSA) is 49.4 Å². The third kappa shape index (κ3) is 3.57.